The number of benzene rings is 1. The number of nitrogens with zero attached hydrogens (tertiary/aromatic N) is 5. The van der Waals surface area contributed by atoms with Crippen molar-refractivity contribution >= 4 is 34.5 Å². The molecule has 29 heavy (non-hydrogen) atoms. The number of amides is 1. The molecule has 0 atom stereocenters. The van der Waals surface area contributed by atoms with Gasteiger partial charge < -0.3 is 10.2 Å². The Morgan fingerprint density at radius 1 is 1.21 bits per heavy atom. The lowest BCUT2D eigenvalue weighted by atomic mass is 10.2. The van der Waals surface area contributed by atoms with Crippen molar-refractivity contribution in [3.63, 3.8) is 0 Å². The average molecular weight is 415 g/mol. The fourth-order valence-corrected chi connectivity index (χ4v) is 3.99. The second-order valence-electron chi connectivity index (χ2n) is 6.82. The summed E-state index contributed by atoms with van der Waals surface area (Å²) < 4.78 is 14.8. The highest BCUT2D eigenvalue weighted by atomic mass is 32.2. The Balaban J connectivity index is 1.51. The molecule has 0 saturated carbocycles. The van der Waals surface area contributed by atoms with Crippen molar-refractivity contribution in [2.75, 3.05) is 30.3 Å². The minimum absolute atomic E-state index is 0.240. The average Bonchev–Trinajstić information content (AvgIpc) is 3.39. The molecule has 2 aromatic heterocycles. The lowest BCUT2D eigenvalue weighted by Crippen LogP contribution is -2.27. The number of carbonyl (C=O) groups excluding carboxylic acids is 1. The molecule has 7 nitrogen and oxygen atoms in total. The molecule has 0 spiro atoms. The second kappa shape index (κ2) is 8.77. The lowest BCUT2D eigenvalue weighted by molar-refractivity contribution is 0.0952. The quantitative estimate of drug-likeness (QED) is 0.473. The molecule has 1 amide bonds. The van der Waals surface area contributed by atoms with Gasteiger partial charge in [-0.05, 0) is 42.9 Å². The molecule has 1 N–H and O–H groups in total. The van der Waals surface area contributed by atoms with Crippen LogP contribution in [0.1, 0.15) is 30.1 Å². The molecule has 4 rings (SSSR count). The van der Waals surface area contributed by atoms with Crippen LogP contribution in [-0.4, -0.2) is 51.0 Å². The SMILES string of the molecule is CCSc1nc(N2CCCC2)c2cnn(CCNC(=O)c3ccc(F)cc3)c2n1. The van der Waals surface area contributed by atoms with Crippen LogP contribution in [-0.2, 0) is 6.54 Å². The van der Waals surface area contributed by atoms with Crippen molar-refractivity contribution in [3.05, 3.63) is 41.8 Å². The number of nitrogens with one attached hydrogen (secondary N) is 1. The summed E-state index contributed by atoms with van der Waals surface area (Å²) in [6, 6.07) is 5.49. The van der Waals surface area contributed by atoms with E-state index in [0.29, 0.717) is 18.7 Å². The van der Waals surface area contributed by atoms with Gasteiger partial charge in [-0.15, -0.1) is 0 Å². The standard InChI is InChI=1S/C20H23FN6OS/c1-2-29-20-24-17(26-10-3-4-11-26)16-13-23-27(18(16)25-20)12-9-22-19(28)14-5-7-15(21)8-6-14/h5-8,13H,2-4,9-12H2,1H3,(H,22,28). The van der Waals surface area contributed by atoms with Gasteiger partial charge in [-0.1, -0.05) is 18.7 Å². The summed E-state index contributed by atoms with van der Waals surface area (Å²) in [6.45, 7) is 4.97. The predicted molar refractivity (Wildman–Crippen MR) is 112 cm³/mol. The molecule has 9 heteroatoms. The molecule has 1 aromatic carbocycles. The van der Waals surface area contributed by atoms with E-state index in [2.05, 4.69) is 22.2 Å². The zero-order valence-corrected chi connectivity index (χ0v) is 17.1. The van der Waals surface area contributed by atoms with Crippen LogP contribution in [0.4, 0.5) is 10.2 Å². The van der Waals surface area contributed by atoms with E-state index < -0.39 is 0 Å². The number of halogens is 1. The Bertz CT molecular complexity index is 1000. The maximum Gasteiger partial charge on any atom is 0.251 e. The highest BCUT2D eigenvalue weighted by Gasteiger charge is 2.20. The summed E-state index contributed by atoms with van der Waals surface area (Å²) in [6.07, 6.45) is 4.15. The summed E-state index contributed by atoms with van der Waals surface area (Å²) in [5, 5.41) is 9.03. The van der Waals surface area contributed by atoms with Crippen LogP contribution in [0, 0.1) is 5.82 Å². The zero-order chi connectivity index (χ0) is 20.2. The molecule has 1 fully saturated rings. The van der Waals surface area contributed by atoms with E-state index in [1.54, 1.807) is 16.4 Å². The van der Waals surface area contributed by atoms with E-state index in [1.165, 1.54) is 37.1 Å². The molecule has 0 unspecified atom stereocenters. The zero-order valence-electron chi connectivity index (χ0n) is 16.3. The maximum atomic E-state index is 13.0. The number of thioether (sulfide) groups is 1. The predicted octanol–water partition coefficient (Wildman–Crippen LogP) is 3.11. The van der Waals surface area contributed by atoms with E-state index in [-0.39, 0.29) is 11.7 Å². The Hall–Kier alpha value is -2.68. The monoisotopic (exact) mass is 414 g/mol. The summed E-state index contributed by atoms with van der Waals surface area (Å²) in [4.78, 5) is 24.0. The number of hydrogen-bond acceptors (Lipinski definition) is 6. The van der Waals surface area contributed by atoms with Crippen LogP contribution < -0.4 is 10.2 Å². The largest absolute Gasteiger partial charge is 0.356 e. The van der Waals surface area contributed by atoms with E-state index in [9.17, 15) is 9.18 Å². The number of aromatic nitrogens is 4. The summed E-state index contributed by atoms with van der Waals surface area (Å²) in [5.41, 5.74) is 1.21. The molecule has 0 bridgehead atoms. The first-order valence-electron chi connectivity index (χ1n) is 9.81. The lowest BCUT2D eigenvalue weighted by Gasteiger charge is -2.17. The number of anilines is 1. The van der Waals surface area contributed by atoms with Crippen LogP contribution >= 0.6 is 11.8 Å². The summed E-state index contributed by atoms with van der Waals surface area (Å²) >= 11 is 1.61. The second-order valence-corrected chi connectivity index (χ2v) is 8.06. The van der Waals surface area contributed by atoms with Crippen molar-refractivity contribution in [1.29, 1.82) is 0 Å². The van der Waals surface area contributed by atoms with Crippen molar-refractivity contribution < 1.29 is 9.18 Å². The van der Waals surface area contributed by atoms with Gasteiger partial charge in [-0.2, -0.15) is 5.10 Å². The molecule has 1 aliphatic heterocycles. The van der Waals surface area contributed by atoms with Gasteiger partial charge in [0.1, 0.15) is 11.6 Å². The van der Waals surface area contributed by atoms with Gasteiger partial charge in [-0.3, -0.25) is 4.79 Å². The number of rotatable bonds is 7. The molecule has 3 heterocycles. The molecule has 1 saturated heterocycles. The third kappa shape index (κ3) is 4.34. The van der Waals surface area contributed by atoms with Crippen molar-refractivity contribution in [3.8, 4) is 0 Å². The van der Waals surface area contributed by atoms with E-state index in [1.807, 2.05) is 6.20 Å². The fraction of sp³-hybridized carbons (Fsp3) is 0.400. The molecule has 1 aliphatic rings. The van der Waals surface area contributed by atoms with Crippen LogP contribution in [0.2, 0.25) is 0 Å². The topological polar surface area (TPSA) is 75.9 Å². The van der Waals surface area contributed by atoms with Crippen LogP contribution in [0.3, 0.4) is 0 Å². The Kier molecular flexibility index (Phi) is 5.94. The molecular weight excluding hydrogens is 391 g/mol. The van der Waals surface area contributed by atoms with Gasteiger partial charge >= 0.3 is 0 Å². The number of fused-ring (bicyclic) bond motifs is 1. The minimum atomic E-state index is -0.362. The van der Waals surface area contributed by atoms with Crippen LogP contribution in [0.25, 0.3) is 11.0 Å². The molecule has 152 valence electrons. The van der Waals surface area contributed by atoms with Crippen molar-refractivity contribution in [1.82, 2.24) is 25.1 Å². The Labute approximate surface area is 172 Å². The highest BCUT2D eigenvalue weighted by Crippen LogP contribution is 2.29. The molecule has 0 radical (unpaired) electrons. The smallest absolute Gasteiger partial charge is 0.251 e. The van der Waals surface area contributed by atoms with Crippen LogP contribution in [0.15, 0.2) is 35.6 Å². The first-order chi connectivity index (χ1) is 14.2. The van der Waals surface area contributed by atoms with Crippen molar-refractivity contribution in [2.24, 2.45) is 0 Å². The first-order valence-corrected chi connectivity index (χ1v) is 10.8. The van der Waals surface area contributed by atoms with Crippen molar-refractivity contribution in [2.45, 2.75) is 31.5 Å². The first kappa shape index (κ1) is 19.6. The molecule has 3 aromatic rings. The van der Waals surface area contributed by atoms with Gasteiger partial charge in [0.05, 0.1) is 18.1 Å². The van der Waals surface area contributed by atoms with E-state index in [4.69, 9.17) is 9.97 Å². The van der Waals surface area contributed by atoms with E-state index in [0.717, 1.165) is 40.9 Å². The third-order valence-electron chi connectivity index (χ3n) is 4.85. The highest BCUT2D eigenvalue weighted by molar-refractivity contribution is 7.99. The fourth-order valence-electron chi connectivity index (χ4n) is 3.43. The third-order valence-corrected chi connectivity index (χ3v) is 5.58. The van der Waals surface area contributed by atoms with Gasteiger partial charge in [0, 0.05) is 25.2 Å². The number of carbonyl (C=O) groups is 1. The van der Waals surface area contributed by atoms with E-state index >= 15 is 0 Å². The Morgan fingerprint density at radius 2 is 1.97 bits per heavy atom. The van der Waals surface area contributed by atoms with Gasteiger partial charge in [0.2, 0.25) is 0 Å². The molecular formula is C20H23FN6OS. The van der Waals surface area contributed by atoms with Gasteiger partial charge in [0.25, 0.3) is 5.91 Å². The molecule has 0 aliphatic carbocycles. The normalized spacial score (nSPS) is 13.9. The van der Waals surface area contributed by atoms with Gasteiger partial charge in [0.15, 0.2) is 10.8 Å². The summed E-state index contributed by atoms with van der Waals surface area (Å²) in [5.74, 6) is 1.24. The summed E-state index contributed by atoms with van der Waals surface area (Å²) in [7, 11) is 0. The van der Waals surface area contributed by atoms with Crippen LogP contribution in [0.5, 0.6) is 0 Å². The maximum absolute atomic E-state index is 13.0. The van der Waals surface area contributed by atoms with Gasteiger partial charge in [-0.25, -0.2) is 19.0 Å². The minimum Gasteiger partial charge on any atom is -0.356 e. The Morgan fingerprint density at radius 3 is 2.69 bits per heavy atom. The number of hydrogen-bond donors (Lipinski definition) is 1.